The van der Waals surface area contributed by atoms with Gasteiger partial charge in [0.15, 0.2) is 0 Å². The van der Waals surface area contributed by atoms with Crippen molar-refractivity contribution in [3.05, 3.63) is 74.5 Å². The Morgan fingerprint density at radius 3 is 2.55 bits per heavy atom. The van der Waals surface area contributed by atoms with Crippen LogP contribution >= 0.6 is 11.6 Å². The number of halogens is 2. The average molecular weight is 322 g/mol. The van der Waals surface area contributed by atoms with Gasteiger partial charge in [0.05, 0.1) is 16.2 Å². The van der Waals surface area contributed by atoms with E-state index in [0.29, 0.717) is 0 Å². The number of amides is 1. The quantitative estimate of drug-likeness (QED) is 0.533. The first kappa shape index (κ1) is 15.6. The zero-order chi connectivity index (χ0) is 16.1. The molecule has 0 fully saturated rings. The standard InChI is InChI=1S/C14H9ClFN3O3/c15-12-2-1-3-13(16)11(12)8-17-18-14(20)9-4-6-10(7-5-9)19(21)22/h1-8H,(H,18,20). The molecule has 8 heteroatoms. The summed E-state index contributed by atoms with van der Waals surface area (Å²) in [6.07, 6.45) is 1.08. The van der Waals surface area contributed by atoms with Crippen molar-refractivity contribution in [2.24, 2.45) is 5.10 Å². The lowest BCUT2D eigenvalue weighted by atomic mass is 10.2. The summed E-state index contributed by atoms with van der Waals surface area (Å²) in [6, 6.07) is 9.14. The summed E-state index contributed by atoms with van der Waals surface area (Å²) in [4.78, 5) is 21.7. The van der Waals surface area contributed by atoms with Crippen LogP contribution in [-0.2, 0) is 0 Å². The molecule has 0 aromatic heterocycles. The van der Waals surface area contributed by atoms with Crippen LogP contribution in [0.15, 0.2) is 47.6 Å². The van der Waals surface area contributed by atoms with Crippen molar-refractivity contribution in [3.63, 3.8) is 0 Å². The van der Waals surface area contributed by atoms with E-state index in [0.717, 1.165) is 6.21 Å². The first-order chi connectivity index (χ1) is 10.5. The molecule has 2 rings (SSSR count). The number of carbonyl (C=O) groups is 1. The summed E-state index contributed by atoms with van der Waals surface area (Å²) >= 11 is 5.80. The number of benzene rings is 2. The fourth-order valence-electron chi connectivity index (χ4n) is 1.59. The molecule has 1 amide bonds. The first-order valence-corrected chi connectivity index (χ1v) is 6.38. The summed E-state index contributed by atoms with van der Waals surface area (Å²) in [5.41, 5.74) is 2.29. The van der Waals surface area contributed by atoms with E-state index in [1.807, 2.05) is 0 Å². The van der Waals surface area contributed by atoms with Crippen LogP contribution in [0.1, 0.15) is 15.9 Å². The van der Waals surface area contributed by atoms with Gasteiger partial charge >= 0.3 is 0 Å². The van der Waals surface area contributed by atoms with Gasteiger partial charge in [0, 0.05) is 23.3 Å². The molecule has 112 valence electrons. The molecule has 0 aliphatic rings. The number of nitrogens with zero attached hydrogens (tertiary/aromatic N) is 2. The molecular weight excluding hydrogens is 313 g/mol. The fourth-order valence-corrected chi connectivity index (χ4v) is 1.80. The van der Waals surface area contributed by atoms with E-state index in [2.05, 4.69) is 10.5 Å². The van der Waals surface area contributed by atoms with Crippen LogP contribution in [0.5, 0.6) is 0 Å². The molecule has 0 radical (unpaired) electrons. The molecule has 22 heavy (non-hydrogen) atoms. The highest BCUT2D eigenvalue weighted by molar-refractivity contribution is 6.33. The van der Waals surface area contributed by atoms with Gasteiger partial charge in [-0.15, -0.1) is 0 Å². The molecule has 0 aliphatic heterocycles. The predicted octanol–water partition coefficient (Wildman–Crippen LogP) is 3.15. The molecule has 2 aromatic carbocycles. The van der Waals surface area contributed by atoms with E-state index in [1.165, 1.54) is 42.5 Å². The third kappa shape index (κ3) is 3.64. The number of carbonyl (C=O) groups excluding carboxylic acids is 1. The Morgan fingerprint density at radius 2 is 1.95 bits per heavy atom. The SMILES string of the molecule is O=C(NN=Cc1c(F)cccc1Cl)c1ccc([N+](=O)[O-])cc1. The van der Waals surface area contributed by atoms with Crippen LogP contribution in [0.2, 0.25) is 5.02 Å². The maximum Gasteiger partial charge on any atom is 0.271 e. The number of hydrogen-bond acceptors (Lipinski definition) is 4. The zero-order valence-corrected chi connectivity index (χ0v) is 11.7. The molecular formula is C14H9ClFN3O3. The van der Waals surface area contributed by atoms with Crippen molar-refractivity contribution < 1.29 is 14.1 Å². The monoisotopic (exact) mass is 321 g/mol. The molecule has 2 aromatic rings. The molecule has 0 saturated carbocycles. The minimum atomic E-state index is -0.585. The van der Waals surface area contributed by atoms with Gasteiger partial charge in [-0.05, 0) is 24.3 Å². The number of hydrazone groups is 1. The normalized spacial score (nSPS) is 10.6. The number of non-ortho nitro benzene ring substituents is 1. The van der Waals surface area contributed by atoms with Crippen LogP contribution < -0.4 is 5.43 Å². The largest absolute Gasteiger partial charge is 0.271 e. The Balaban J connectivity index is 2.06. The Morgan fingerprint density at radius 1 is 1.27 bits per heavy atom. The summed E-state index contributed by atoms with van der Waals surface area (Å²) in [5.74, 6) is -1.15. The van der Waals surface area contributed by atoms with Gasteiger partial charge in [-0.3, -0.25) is 14.9 Å². The van der Waals surface area contributed by atoms with Crippen molar-refractivity contribution >= 4 is 29.4 Å². The topological polar surface area (TPSA) is 84.6 Å². The lowest BCUT2D eigenvalue weighted by Crippen LogP contribution is -2.17. The van der Waals surface area contributed by atoms with Gasteiger partial charge < -0.3 is 0 Å². The van der Waals surface area contributed by atoms with Gasteiger partial charge in [-0.25, -0.2) is 9.82 Å². The molecule has 0 spiro atoms. The predicted molar refractivity (Wildman–Crippen MR) is 79.6 cm³/mol. The van der Waals surface area contributed by atoms with E-state index >= 15 is 0 Å². The summed E-state index contributed by atoms with van der Waals surface area (Å²) in [6.45, 7) is 0. The molecule has 0 heterocycles. The van der Waals surface area contributed by atoms with Crippen molar-refractivity contribution in [1.29, 1.82) is 0 Å². The van der Waals surface area contributed by atoms with Gasteiger partial charge in [0.1, 0.15) is 5.82 Å². The highest BCUT2D eigenvalue weighted by Crippen LogP contribution is 2.16. The fraction of sp³-hybridized carbons (Fsp3) is 0. The van der Waals surface area contributed by atoms with Crippen molar-refractivity contribution in [1.82, 2.24) is 5.43 Å². The minimum absolute atomic E-state index is 0.0492. The Hall–Kier alpha value is -2.80. The van der Waals surface area contributed by atoms with Gasteiger partial charge in [0.2, 0.25) is 0 Å². The van der Waals surface area contributed by atoms with Crippen molar-refractivity contribution in [3.8, 4) is 0 Å². The zero-order valence-electron chi connectivity index (χ0n) is 11.0. The molecule has 0 aliphatic carbocycles. The Labute approximate surface area is 129 Å². The maximum atomic E-state index is 13.5. The minimum Gasteiger partial charge on any atom is -0.267 e. The van der Waals surface area contributed by atoms with Gasteiger partial charge in [0.25, 0.3) is 11.6 Å². The molecule has 0 bridgehead atoms. The number of nitro benzene ring substituents is 1. The van der Waals surface area contributed by atoms with Gasteiger partial charge in [-0.2, -0.15) is 5.10 Å². The second kappa shape index (κ2) is 6.77. The number of nitrogens with one attached hydrogen (secondary N) is 1. The van der Waals surface area contributed by atoms with E-state index in [-0.39, 0.29) is 21.8 Å². The second-order valence-corrected chi connectivity index (χ2v) is 4.55. The van der Waals surface area contributed by atoms with Crippen molar-refractivity contribution in [2.75, 3.05) is 0 Å². The number of hydrogen-bond donors (Lipinski definition) is 1. The summed E-state index contributed by atoms with van der Waals surface area (Å²) in [7, 11) is 0. The lowest BCUT2D eigenvalue weighted by molar-refractivity contribution is -0.384. The highest BCUT2D eigenvalue weighted by atomic mass is 35.5. The van der Waals surface area contributed by atoms with Crippen LogP contribution in [-0.4, -0.2) is 17.0 Å². The molecule has 0 saturated heterocycles. The Kier molecular flexibility index (Phi) is 4.80. The molecule has 1 N–H and O–H groups in total. The van der Waals surface area contributed by atoms with E-state index in [9.17, 15) is 19.3 Å². The molecule has 6 nitrogen and oxygen atoms in total. The third-order valence-electron chi connectivity index (χ3n) is 2.70. The smallest absolute Gasteiger partial charge is 0.267 e. The Bertz CT molecular complexity index is 727. The number of nitro groups is 1. The summed E-state index contributed by atoms with van der Waals surface area (Å²) < 4.78 is 13.5. The van der Waals surface area contributed by atoms with Crippen molar-refractivity contribution in [2.45, 2.75) is 0 Å². The second-order valence-electron chi connectivity index (χ2n) is 4.14. The van der Waals surface area contributed by atoms with Crippen LogP contribution in [0.25, 0.3) is 0 Å². The van der Waals surface area contributed by atoms with E-state index < -0.39 is 16.6 Å². The summed E-state index contributed by atoms with van der Waals surface area (Å²) in [5, 5.41) is 14.3. The van der Waals surface area contributed by atoms with Crippen LogP contribution in [0, 0.1) is 15.9 Å². The maximum absolute atomic E-state index is 13.5. The first-order valence-electron chi connectivity index (χ1n) is 6.01. The van der Waals surface area contributed by atoms with Crippen LogP contribution in [0.4, 0.5) is 10.1 Å². The molecule has 0 atom stereocenters. The lowest BCUT2D eigenvalue weighted by Gasteiger charge is -2.01. The van der Waals surface area contributed by atoms with E-state index in [4.69, 9.17) is 11.6 Å². The molecule has 0 unspecified atom stereocenters. The highest BCUT2D eigenvalue weighted by Gasteiger charge is 2.09. The number of rotatable bonds is 4. The third-order valence-corrected chi connectivity index (χ3v) is 3.03. The van der Waals surface area contributed by atoms with Crippen LogP contribution in [0.3, 0.4) is 0 Å². The van der Waals surface area contributed by atoms with E-state index in [1.54, 1.807) is 0 Å². The average Bonchev–Trinajstić information content (AvgIpc) is 2.50. The van der Waals surface area contributed by atoms with Gasteiger partial charge in [-0.1, -0.05) is 17.7 Å².